The molecule has 33 heavy (non-hydrogen) atoms. The molecule has 1 aromatic heterocycles. The van der Waals surface area contributed by atoms with Crippen molar-refractivity contribution in [1.29, 1.82) is 0 Å². The molecule has 0 amide bonds. The molecule has 4 nitrogen and oxygen atoms in total. The zero-order valence-corrected chi connectivity index (χ0v) is 22.7. The first-order valence-electron chi connectivity index (χ1n) is 14.4. The summed E-state index contributed by atoms with van der Waals surface area (Å²) >= 11 is 0. The molecule has 0 aromatic carbocycles. The Hall–Kier alpha value is -0.900. The minimum absolute atomic E-state index is 0.0547. The van der Waals surface area contributed by atoms with Gasteiger partial charge in [-0.3, -0.25) is 0 Å². The predicted molar refractivity (Wildman–Crippen MR) is 136 cm³/mol. The highest BCUT2D eigenvalue weighted by Gasteiger charge is 2.61. The van der Waals surface area contributed by atoms with E-state index in [1.807, 2.05) is 34.6 Å². The minimum Gasteiger partial charge on any atom is -0.393 e. The van der Waals surface area contributed by atoms with E-state index in [1.54, 1.807) is 0 Å². The van der Waals surface area contributed by atoms with E-state index in [2.05, 4.69) is 24.0 Å². The molecule has 4 heteroatoms. The van der Waals surface area contributed by atoms with Crippen LogP contribution in [0.2, 0.25) is 0 Å². The fourth-order valence-electron chi connectivity index (χ4n) is 8.78. The minimum atomic E-state index is -0.0547. The van der Waals surface area contributed by atoms with Gasteiger partial charge in [-0.15, -0.1) is 0 Å². The van der Waals surface area contributed by atoms with Crippen molar-refractivity contribution in [1.82, 2.24) is 10.1 Å². The third-order valence-electron chi connectivity index (χ3n) is 10.3. The van der Waals surface area contributed by atoms with Crippen molar-refractivity contribution in [2.75, 3.05) is 0 Å². The highest BCUT2D eigenvalue weighted by Crippen LogP contribution is 2.67. The number of aliphatic hydroxyl groups is 1. The zero-order chi connectivity index (χ0) is 24.2. The fraction of sp³-hybridized carbons (Fsp3) is 0.931. The number of fused-ring (bicyclic) bond motifs is 5. The topological polar surface area (TPSA) is 59.2 Å². The van der Waals surface area contributed by atoms with Crippen LogP contribution in [0.4, 0.5) is 0 Å². The van der Waals surface area contributed by atoms with Crippen LogP contribution in [0.5, 0.6) is 0 Å². The Bertz CT molecular complexity index is 733. The molecule has 0 spiro atoms. The number of aromatic nitrogens is 2. The van der Waals surface area contributed by atoms with Gasteiger partial charge < -0.3 is 9.63 Å². The van der Waals surface area contributed by atoms with Gasteiger partial charge >= 0.3 is 0 Å². The van der Waals surface area contributed by atoms with E-state index in [4.69, 9.17) is 4.52 Å². The van der Waals surface area contributed by atoms with E-state index >= 15 is 0 Å². The highest BCUT2D eigenvalue weighted by molar-refractivity contribution is 5.10. The third kappa shape index (κ3) is 4.93. The van der Waals surface area contributed by atoms with E-state index in [0.29, 0.717) is 16.7 Å². The molecule has 1 N–H and O–H groups in total. The molecule has 5 rings (SSSR count). The second kappa shape index (κ2) is 11.2. The third-order valence-corrected chi connectivity index (χ3v) is 10.3. The lowest BCUT2D eigenvalue weighted by molar-refractivity contribution is -0.162. The maximum Gasteiger partial charge on any atom is 0.226 e. The smallest absolute Gasteiger partial charge is 0.226 e. The molecular weight excluding hydrogens is 408 g/mol. The average molecular weight is 461 g/mol. The average Bonchev–Trinajstić information content (AvgIpc) is 3.39. The van der Waals surface area contributed by atoms with E-state index in [9.17, 15) is 5.11 Å². The summed E-state index contributed by atoms with van der Waals surface area (Å²) in [7, 11) is 0. The van der Waals surface area contributed by atoms with E-state index in [1.165, 1.54) is 57.8 Å². The molecule has 4 fully saturated rings. The highest BCUT2D eigenvalue weighted by atomic mass is 16.5. The van der Waals surface area contributed by atoms with Gasteiger partial charge in [0.05, 0.1) is 6.10 Å². The molecular formula is C29H52N2O2. The number of hydrogen-bond acceptors (Lipinski definition) is 4. The fourth-order valence-corrected chi connectivity index (χ4v) is 8.78. The predicted octanol–water partition coefficient (Wildman–Crippen LogP) is 7.77. The molecule has 0 saturated heterocycles. The molecule has 0 radical (unpaired) electrons. The van der Waals surface area contributed by atoms with E-state index < -0.39 is 0 Å². The number of hydrogen-bond donors (Lipinski definition) is 1. The van der Waals surface area contributed by atoms with Crippen LogP contribution in [0.25, 0.3) is 0 Å². The molecule has 4 aliphatic rings. The monoisotopic (exact) mass is 460 g/mol. The summed E-state index contributed by atoms with van der Waals surface area (Å²) in [6, 6.07) is 0. The number of aryl methyl sites for hydroxylation is 2. The molecule has 4 saturated carbocycles. The van der Waals surface area contributed by atoms with Crippen LogP contribution in [0.3, 0.4) is 0 Å². The molecule has 0 aliphatic heterocycles. The van der Waals surface area contributed by atoms with Crippen molar-refractivity contribution in [3.63, 3.8) is 0 Å². The molecule has 190 valence electrons. The lowest BCUT2D eigenvalue weighted by Gasteiger charge is -2.62. The van der Waals surface area contributed by atoms with Crippen molar-refractivity contribution in [2.24, 2.45) is 40.4 Å². The Balaban J connectivity index is 0.000000728. The Labute approximate surface area is 203 Å². The van der Waals surface area contributed by atoms with Crippen LogP contribution >= 0.6 is 0 Å². The van der Waals surface area contributed by atoms with Crippen LogP contribution in [0.15, 0.2) is 4.52 Å². The van der Waals surface area contributed by atoms with E-state index in [-0.39, 0.29) is 6.10 Å². The summed E-state index contributed by atoms with van der Waals surface area (Å²) in [5, 5.41) is 15.2. The van der Waals surface area contributed by atoms with E-state index in [0.717, 1.165) is 54.6 Å². The standard InChI is InChI=1S/C25H40N2O2.2C2H6/c1-16-26-22(29-27-16)9-6-8-17-10-11-19-23-20(12-14-25(17,19)3)24(2)13-5-4-7-18(24)15-21(23)28;2*1-2/h17-21,23,28H,4-15H2,1-3H3;2*1-2H3. The number of aliphatic hydroxyl groups excluding tert-OH is 1. The van der Waals surface area contributed by atoms with Gasteiger partial charge in [-0.05, 0) is 105 Å². The maximum absolute atomic E-state index is 11.3. The van der Waals surface area contributed by atoms with Crippen molar-refractivity contribution >= 4 is 0 Å². The summed E-state index contributed by atoms with van der Waals surface area (Å²) in [5.41, 5.74) is 0.919. The number of rotatable bonds is 4. The quantitative estimate of drug-likeness (QED) is 0.498. The largest absolute Gasteiger partial charge is 0.393 e. The van der Waals surface area contributed by atoms with Crippen LogP contribution in [-0.2, 0) is 6.42 Å². The lowest BCUT2D eigenvalue weighted by Crippen LogP contribution is -2.57. The van der Waals surface area contributed by atoms with Gasteiger partial charge in [0, 0.05) is 6.42 Å². The normalized spacial score (nSPS) is 41.5. The Morgan fingerprint density at radius 3 is 2.36 bits per heavy atom. The first-order chi connectivity index (χ1) is 15.9. The van der Waals surface area contributed by atoms with Gasteiger partial charge in [-0.25, -0.2) is 0 Å². The first-order valence-corrected chi connectivity index (χ1v) is 14.4. The first kappa shape index (κ1) is 26.7. The second-order valence-corrected chi connectivity index (χ2v) is 11.5. The van der Waals surface area contributed by atoms with Gasteiger partial charge in [0.1, 0.15) is 0 Å². The molecule has 4 aliphatic carbocycles. The Kier molecular flexibility index (Phi) is 9.08. The Morgan fingerprint density at radius 2 is 1.67 bits per heavy atom. The van der Waals surface area contributed by atoms with Gasteiger partial charge in [0.25, 0.3) is 0 Å². The van der Waals surface area contributed by atoms with Crippen molar-refractivity contribution < 1.29 is 9.63 Å². The van der Waals surface area contributed by atoms with Gasteiger partial charge in [0.15, 0.2) is 5.82 Å². The van der Waals surface area contributed by atoms with Crippen LogP contribution < -0.4 is 0 Å². The van der Waals surface area contributed by atoms with Crippen molar-refractivity contribution in [3.8, 4) is 0 Å². The SMILES string of the molecule is CC.CC.Cc1noc(CCCC2CCC3C4C(O)CC5CCCCC5(C)C4CCC23C)n1. The molecule has 1 aromatic rings. The van der Waals surface area contributed by atoms with Gasteiger partial charge in [-0.1, -0.05) is 59.5 Å². The van der Waals surface area contributed by atoms with Crippen LogP contribution in [0.1, 0.15) is 124 Å². The maximum atomic E-state index is 11.3. The summed E-state index contributed by atoms with van der Waals surface area (Å²) in [6.07, 6.45) is 15.3. The molecule has 0 bridgehead atoms. The summed E-state index contributed by atoms with van der Waals surface area (Å²) in [4.78, 5) is 4.37. The van der Waals surface area contributed by atoms with Crippen LogP contribution in [0, 0.1) is 47.3 Å². The lowest BCUT2D eigenvalue weighted by atomic mass is 9.44. The summed E-state index contributed by atoms with van der Waals surface area (Å²) in [5.74, 6) is 5.14. The van der Waals surface area contributed by atoms with Crippen LogP contribution in [-0.4, -0.2) is 21.4 Å². The molecule has 8 atom stereocenters. The summed E-state index contributed by atoms with van der Waals surface area (Å²) < 4.78 is 5.31. The van der Waals surface area contributed by atoms with Crippen molar-refractivity contribution in [2.45, 2.75) is 132 Å². The Morgan fingerprint density at radius 1 is 0.939 bits per heavy atom. The van der Waals surface area contributed by atoms with Gasteiger partial charge in [0.2, 0.25) is 5.89 Å². The molecule has 1 heterocycles. The molecule has 8 unspecified atom stereocenters. The zero-order valence-electron chi connectivity index (χ0n) is 22.7. The van der Waals surface area contributed by atoms with Gasteiger partial charge in [-0.2, -0.15) is 4.98 Å². The summed E-state index contributed by atoms with van der Waals surface area (Å²) in [6.45, 7) is 15.1. The number of nitrogens with zero attached hydrogens (tertiary/aromatic N) is 2. The second-order valence-electron chi connectivity index (χ2n) is 11.5. The van der Waals surface area contributed by atoms with Crippen molar-refractivity contribution in [3.05, 3.63) is 11.7 Å².